The van der Waals surface area contributed by atoms with Crippen LogP contribution in [0.5, 0.6) is 0 Å². The third kappa shape index (κ3) is 5.71. The molecule has 0 radical (unpaired) electrons. The van der Waals surface area contributed by atoms with Gasteiger partial charge >= 0.3 is 0 Å². The van der Waals surface area contributed by atoms with E-state index in [1.165, 1.54) is 92.3 Å². The van der Waals surface area contributed by atoms with Crippen LogP contribution in [0, 0.1) is 0 Å². The van der Waals surface area contributed by atoms with Gasteiger partial charge in [-0.1, -0.05) is 231 Å². The molecule has 0 N–H and O–H groups in total. The van der Waals surface area contributed by atoms with E-state index in [9.17, 15) is 0 Å². The van der Waals surface area contributed by atoms with Crippen molar-refractivity contribution < 1.29 is 0 Å². The molecule has 0 aliphatic rings. The van der Waals surface area contributed by atoms with E-state index in [1.807, 2.05) is 0 Å². The zero-order chi connectivity index (χ0) is 41.7. The molecule has 0 spiro atoms. The highest BCUT2D eigenvalue weighted by molar-refractivity contribution is 7.20. The van der Waals surface area contributed by atoms with Gasteiger partial charge in [-0.3, -0.25) is 0 Å². The standard InChI is InChI=1S/C60H42N2Si/c1-6-23-43(24-7-1)48-35-20-36-49(44-25-8-2-9-26-44)59(48)62-53-38-18-16-33-50(53)51-37-21-41-56(60(51)62)61-54-39-19-17-34-52(54)58-55(61)40-22-42-57(58)63(45-27-10-3-11-28-45,46-29-12-4-13-30-46)47-31-14-5-15-32-47/h1-42H. The van der Waals surface area contributed by atoms with Gasteiger partial charge in [0.25, 0.3) is 0 Å². The van der Waals surface area contributed by atoms with E-state index < -0.39 is 8.07 Å². The Morgan fingerprint density at radius 2 is 0.698 bits per heavy atom. The topological polar surface area (TPSA) is 9.86 Å². The number of nitrogens with zero attached hydrogens (tertiary/aromatic N) is 2. The molecule has 0 atom stereocenters. The molecule has 0 bridgehead atoms. The third-order valence-electron chi connectivity index (χ3n) is 13.1. The zero-order valence-electron chi connectivity index (χ0n) is 34.6. The van der Waals surface area contributed by atoms with Crippen molar-refractivity contribution in [2.45, 2.75) is 0 Å². The molecule has 0 aliphatic heterocycles. The van der Waals surface area contributed by atoms with Crippen LogP contribution in [0.15, 0.2) is 255 Å². The molecule has 0 aliphatic carbocycles. The maximum atomic E-state index is 2.56. The molecule has 0 saturated carbocycles. The highest BCUT2D eigenvalue weighted by atomic mass is 28.3. The number of para-hydroxylation sites is 4. The number of aromatic nitrogens is 2. The summed E-state index contributed by atoms with van der Waals surface area (Å²) in [5.41, 5.74) is 11.7. The van der Waals surface area contributed by atoms with E-state index in [0.29, 0.717) is 0 Å². The van der Waals surface area contributed by atoms with Crippen molar-refractivity contribution in [2.24, 2.45) is 0 Å². The summed E-state index contributed by atoms with van der Waals surface area (Å²) in [7, 11) is -2.92. The van der Waals surface area contributed by atoms with E-state index in [1.54, 1.807) is 0 Å². The van der Waals surface area contributed by atoms with Crippen LogP contribution in [-0.4, -0.2) is 17.2 Å². The fourth-order valence-electron chi connectivity index (χ4n) is 10.5. The van der Waals surface area contributed by atoms with Crippen molar-refractivity contribution in [2.75, 3.05) is 0 Å². The molecule has 296 valence electrons. The number of hydrogen-bond acceptors (Lipinski definition) is 0. The highest BCUT2D eigenvalue weighted by Gasteiger charge is 2.43. The van der Waals surface area contributed by atoms with Gasteiger partial charge in [0.05, 0.1) is 33.4 Å². The van der Waals surface area contributed by atoms with Crippen molar-refractivity contribution in [3.8, 4) is 33.6 Å². The minimum atomic E-state index is -2.92. The lowest BCUT2D eigenvalue weighted by molar-refractivity contribution is 1.13. The molecular weight excluding hydrogens is 777 g/mol. The van der Waals surface area contributed by atoms with Crippen molar-refractivity contribution in [3.63, 3.8) is 0 Å². The lowest BCUT2D eigenvalue weighted by atomic mass is 9.95. The predicted octanol–water partition coefficient (Wildman–Crippen LogP) is 12.6. The summed E-state index contributed by atoms with van der Waals surface area (Å²) >= 11 is 0. The molecule has 2 aromatic heterocycles. The number of rotatable bonds is 8. The van der Waals surface area contributed by atoms with Crippen molar-refractivity contribution in [3.05, 3.63) is 255 Å². The van der Waals surface area contributed by atoms with Gasteiger partial charge in [-0.05, 0) is 56.1 Å². The molecule has 0 saturated heterocycles. The fraction of sp³-hybridized carbons (Fsp3) is 0. The highest BCUT2D eigenvalue weighted by Crippen LogP contribution is 2.44. The van der Waals surface area contributed by atoms with Crippen LogP contribution in [0.25, 0.3) is 77.2 Å². The second-order valence-corrected chi connectivity index (χ2v) is 20.1. The Morgan fingerprint density at radius 1 is 0.286 bits per heavy atom. The second-order valence-electron chi connectivity index (χ2n) is 16.4. The molecule has 0 fully saturated rings. The molecule has 63 heavy (non-hydrogen) atoms. The van der Waals surface area contributed by atoms with Crippen LogP contribution < -0.4 is 20.7 Å². The average molecular weight is 819 g/mol. The van der Waals surface area contributed by atoms with Gasteiger partial charge in [-0.25, -0.2) is 0 Å². The Kier molecular flexibility index (Phi) is 8.87. The van der Waals surface area contributed by atoms with Crippen molar-refractivity contribution in [1.29, 1.82) is 0 Å². The number of fused-ring (bicyclic) bond motifs is 6. The molecular formula is C60H42N2Si. The smallest absolute Gasteiger partial charge is 0.180 e. The third-order valence-corrected chi connectivity index (χ3v) is 17.9. The monoisotopic (exact) mass is 818 g/mol. The first-order valence-corrected chi connectivity index (χ1v) is 23.8. The summed E-state index contributed by atoms with van der Waals surface area (Å²) in [6.07, 6.45) is 0. The zero-order valence-corrected chi connectivity index (χ0v) is 35.6. The van der Waals surface area contributed by atoms with E-state index in [-0.39, 0.29) is 0 Å². The first kappa shape index (κ1) is 36.8. The Labute approximate surface area is 368 Å². The van der Waals surface area contributed by atoms with E-state index in [4.69, 9.17) is 0 Å². The van der Waals surface area contributed by atoms with Gasteiger partial charge in [-0.2, -0.15) is 0 Å². The minimum absolute atomic E-state index is 1.14. The largest absolute Gasteiger partial charge is 0.307 e. The predicted molar refractivity (Wildman–Crippen MR) is 270 cm³/mol. The van der Waals surface area contributed by atoms with Crippen molar-refractivity contribution >= 4 is 72.4 Å². The second kappa shape index (κ2) is 15.2. The molecule has 12 aromatic rings. The summed E-state index contributed by atoms with van der Waals surface area (Å²) in [5.74, 6) is 0. The van der Waals surface area contributed by atoms with E-state index in [0.717, 1.165) is 5.69 Å². The summed E-state index contributed by atoms with van der Waals surface area (Å²) in [4.78, 5) is 0. The van der Waals surface area contributed by atoms with Gasteiger partial charge in [0.15, 0.2) is 8.07 Å². The minimum Gasteiger partial charge on any atom is -0.307 e. The van der Waals surface area contributed by atoms with E-state index in [2.05, 4.69) is 264 Å². The van der Waals surface area contributed by atoms with Gasteiger partial charge < -0.3 is 9.13 Å². The molecule has 10 aromatic carbocycles. The van der Waals surface area contributed by atoms with Gasteiger partial charge in [0.2, 0.25) is 0 Å². The van der Waals surface area contributed by atoms with Gasteiger partial charge in [0.1, 0.15) is 0 Å². The fourth-order valence-corrected chi connectivity index (χ4v) is 15.5. The van der Waals surface area contributed by atoms with Crippen LogP contribution in [-0.2, 0) is 0 Å². The molecule has 0 amide bonds. The molecule has 12 rings (SSSR count). The Balaban J connectivity index is 1.25. The maximum absolute atomic E-state index is 2.92. The maximum Gasteiger partial charge on any atom is 0.180 e. The van der Waals surface area contributed by atoms with Crippen LogP contribution in [0.4, 0.5) is 0 Å². The SMILES string of the molecule is c1ccc(-c2cccc(-c3ccccc3)c2-n2c3ccccc3c3cccc(-n4c5ccccc5c5c([Si](c6ccccc6)(c6ccccc6)c6ccccc6)cccc54)c32)cc1. The number of hydrogen-bond donors (Lipinski definition) is 0. The van der Waals surface area contributed by atoms with Crippen molar-refractivity contribution in [1.82, 2.24) is 9.13 Å². The Bertz CT molecular complexity index is 3440. The normalized spacial score (nSPS) is 11.8. The summed E-state index contributed by atoms with van der Waals surface area (Å²) < 4.78 is 5.12. The average Bonchev–Trinajstić information content (AvgIpc) is 3.89. The molecule has 2 nitrogen and oxygen atoms in total. The summed E-state index contributed by atoms with van der Waals surface area (Å²) in [6, 6.07) is 94.3. The lowest BCUT2D eigenvalue weighted by Gasteiger charge is -2.35. The summed E-state index contributed by atoms with van der Waals surface area (Å²) in [5, 5.41) is 10.4. The van der Waals surface area contributed by atoms with E-state index >= 15 is 0 Å². The first-order chi connectivity index (χ1) is 31.3. The first-order valence-electron chi connectivity index (χ1n) is 21.8. The Morgan fingerprint density at radius 3 is 1.25 bits per heavy atom. The Hall–Kier alpha value is -7.98. The molecule has 3 heteroatoms. The van der Waals surface area contributed by atoms with Crippen LogP contribution in [0.2, 0.25) is 0 Å². The van der Waals surface area contributed by atoms with Crippen LogP contribution in [0.3, 0.4) is 0 Å². The van der Waals surface area contributed by atoms with Gasteiger partial charge in [0, 0.05) is 32.7 Å². The quantitative estimate of drug-likeness (QED) is 0.107. The lowest BCUT2D eigenvalue weighted by Crippen LogP contribution is -2.74. The van der Waals surface area contributed by atoms with Crippen LogP contribution >= 0.6 is 0 Å². The molecule has 2 heterocycles. The van der Waals surface area contributed by atoms with Crippen LogP contribution in [0.1, 0.15) is 0 Å². The van der Waals surface area contributed by atoms with Gasteiger partial charge in [-0.15, -0.1) is 0 Å². The number of benzene rings is 10. The molecule has 0 unspecified atom stereocenters. The summed E-state index contributed by atoms with van der Waals surface area (Å²) in [6.45, 7) is 0.